The van der Waals surface area contributed by atoms with Gasteiger partial charge in [0, 0.05) is 23.7 Å². The van der Waals surface area contributed by atoms with Gasteiger partial charge in [0.2, 0.25) is 5.89 Å². The lowest BCUT2D eigenvalue weighted by Crippen LogP contribution is -2.48. The Kier molecular flexibility index (Phi) is 4.24. The normalized spacial score (nSPS) is 23.9. The number of pyridine rings is 1. The highest BCUT2D eigenvalue weighted by Gasteiger charge is 2.43. The molecule has 1 aromatic carbocycles. The SMILES string of the molecule is O=C(c1coc(COc2cccc3cccnc23)n1)N1C2CCC1CC(O)C2. The van der Waals surface area contributed by atoms with Crippen molar-refractivity contribution in [2.24, 2.45) is 0 Å². The molecule has 2 bridgehead atoms. The molecule has 2 unspecified atom stereocenters. The maximum Gasteiger partial charge on any atom is 0.276 e. The Labute approximate surface area is 162 Å². The van der Waals surface area contributed by atoms with Crippen LogP contribution < -0.4 is 4.74 Å². The number of rotatable bonds is 4. The summed E-state index contributed by atoms with van der Waals surface area (Å²) in [7, 11) is 0. The molecule has 7 nitrogen and oxygen atoms in total. The Morgan fingerprint density at radius 1 is 1.21 bits per heavy atom. The van der Waals surface area contributed by atoms with Crippen LogP contribution in [0.5, 0.6) is 5.75 Å². The molecule has 7 heteroatoms. The number of benzene rings is 1. The molecule has 3 aromatic rings. The van der Waals surface area contributed by atoms with Crippen LogP contribution in [0.25, 0.3) is 10.9 Å². The molecular formula is C21H21N3O4. The third-order valence-electron chi connectivity index (χ3n) is 5.66. The Bertz CT molecular complexity index is 998. The topological polar surface area (TPSA) is 88.7 Å². The van der Waals surface area contributed by atoms with Gasteiger partial charge in [0.25, 0.3) is 5.91 Å². The van der Waals surface area contributed by atoms with E-state index in [0.29, 0.717) is 30.2 Å². The van der Waals surface area contributed by atoms with Crippen LogP contribution in [0.4, 0.5) is 0 Å². The zero-order valence-electron chi connectivity index (χ0n) is 15.3. The summed E-state index contributed by atoms with van der Waals surface area (Å²) in [5.41, 5.74) is 1.07. The molecule has 4 heterocycles. The zero-order valence-corrected chi connectivity index (χ0v) is 15.3. The fraction of sp³-hybridized carbons (Fsp3) is 0.381. The standard InChI is InChI=1S/C21H21N3O4/c25-16-9-14-6-7-15(10-16)24(14)21(26)17-11-28-19(23-17)12-27-18-5-1-3-13-4-2-8-22-20(13)18/h1-5,8,11,14-16,25H,6-7,9-10,12H2. The number of ether oxygens (including phenoxy) is 1. The molecule has 2 aromatic heterocycles. The molecule has 0 saturated carbocycles. The molecular weight excluding hydrogens is 358 g/mol. The summed E-state index contributed by atoms with van der Waals surface area (Å²) in [6.07, 6.45) is 5.98. The number of amides is 1. The lowest BCUT2D eigenvalue weighted by molar-refractivity contribution is 0.0282. The maximum absolute atomic E-state index is 12.9. The third-order valence-corrected chi connectivity index (χ3v) is 5.66. The highest BCUT2D eigenvalue weighted by molar-refractivity contribution is 5.92. The van der Waals surface area contributed by atoms with Crippen molar-refractivity contribution >= 4 is 16.8 Å². The Balaban J connectivity index is 1.29. The van der Waals surface area contributed by atoms with E-state index in [1.54, 1.807) is 6.20 Å². The van der Waals surface area contributed by atoms with Gasteiger partial charge in [-0.1, -0.05) is 18.2 Å². The quantitative estimate of drug-likeness (QED) is 0.750. The Morgan fingerprint density at radius 2 is 2.00 bits per heavy atom. The highest BCUT2D eigenvalue weighted by Crippen LogP contribution is 2.36. The van der Waals surface area contributed by atoms with Gasteiger partial charge >= 0.3 is 0 Å². The van der Waals surface area contributed by atoms with Gasteiger partial charge in [-0.2, -0.15) is 0 Å². The second kappa shape index (κ2) is 6.91. The van der Waals surface area contributed by atoms with E-state index in [1.165, 1.54) is 6.26 Å². The fourth-order valence-corrected chi connectivity index (χ4v) is 4.42. The minimum atomic E-state index is -0.308. The van der Waals surface area contributed by atoms with Crippen molar-refractivity contribution in [3.05, 3.63) is 54.4 Å². The van der Waals surface area contributed by atoms with Crippen LogP contribution in [0.15, 0.2) is 47.2 Å². The predicted molar refractivity (Wildman–Crippen MR) is 101 cm³/mol. The smallest absolute Gasteiger partial charge is 0.276 e. The number of oxazole rings is 1. The number of aliphatic hydroxyl groups excluding tert-OH is 1. The van der Waals surface area contributed by atoms with Gasteiger partial charge in [0.1, 0.15) is 17.5 Å². The zero-order chi connectivity index (χ0) is 19.1. The summed E-state index contributed by atoms with van der Waals surface area (Å²) in [6, 6.07) is 9.77. The number of carbonyl (C=O) groups is 1. The molecule has 0 radical (unpaired) electrons. The first-order valence-electron chi connectivity index (χ1n) is 9.61. The average Bonchev–Trinajstić information content (AvgIpc) is 3.29. The predicted octanol–water partition coefficient (Wildman–Crippen LogP) is 2.93. The molecule has 28 heavy (non-hydrogen) atoms. The van der Waals surface area contributed by atoms with Crippen LogP contribution in [-0.2, 0) is 6.61 Å². The van der Waals surface area contributed by atoms with E-state index < -0.39 is 0 Å². The minimum absolute atomic E-state index is 0.0967. The minimum Gasteiger partial charge on any atom is -0.482 e. The largest absolute Gasteiger partial charge is 0.482 e. The van der Waals surface area contributed by atoms with Crippen LogP contribution in [0.1, 0.15) is 42.1 Å². The van der Waals surface area contributed by atoms with Gasteiger partial charge < -0.3 is 19.2 Å². The first-order chi connectivity index (χ1) is 13.7. The summed E-state index contributed by atoms with van der Waals surface area (Å²) in [5, 5.41) is 10.9. The number of carbonyl (C=O) groups excluding carboxylic acids is 1. The lowest BCUT2D eigenvalue weighted by Gasteiger charge is -2.36. The number of aromatic nitrogens is 2. The van der Waals surface area contributed by atoms with Gasteiger partial charge in [0.15, 0.2) is 12.3 Å². The molecule has 2 fully saturated rings. The number of para-hydroxylation sites is 1. The van der Waals surface area contributed by atoms with Gasteiger partial charge in [-0.3, -0.25) is 9.78 Å². The first kappa shape index (κ1) is 17.2. The molecule has 1 amide bonds. The van der Waals surface area contributed by atoms with Crippen molar-refractivity contribution in [2.45, 2.75) is 50.5 Å². The van der Waals surface area contributed by atoms with E-state index in [2.05, 4.69) is 9.97 Å². The summed E-state index contributed by atoms with van der Waals surface area (Å²) in [6.45, 7) is 0.120. The fourth-order valence-electron chi connectivity index (χ4n) is 4.42. The number of hydrogen-bond donors (Lipinski definition) is 1. The number of aliphatic hydroxyl groups is 1. The van der Waals surface area contributed by atoms with Crippen molar-refractivity contribution in [1.29, 1.82) is 0 Å². The van der Waals surface area contributed by atoms with Gasteiger partial charge in [0.05, 0.1) is 6.10 Å². The van der Waals surface area contributed by atoms with E-state index in [9.17, 15) is 9.90 Å². The Hall–Kier alpha value is -2.93. The summed E-state index contributed by atoms with van der Waals surface area (Å²) >= 11 is 0. The van der Waals surface area contributed by atoms with E-state index in [1.807, 2.05) is 35.2 Å². The number of piperidine rings is 1. The summed E-state index contributed by atoms with van der Waals surface area (Å²) < 4.78 is 11.3. The molecule has 5 rings (SSSR count). The van der Waals surface area contributed by atoms with Crippen molar-refractivity contribution in [1.82, 2.24) is 14.9 Å². The van der Waals surface area contributed by atoms with Gasteiger partial charge in [-0.25, -0.2) is 4.98 Å². The second-order valence-electron chi connectivity index (χ2n) is 7.47. The van der Waals surface area contributed by atoms with Crippen molar-refractivity contribution < 1.29 is 19.1 Å². The van der Waals surface area contributed by atoms with Crippen LogP contribution >= 0.6 is 0 Å². The maximum atomic E-state index is 12.9. The molecule has 2 aliphatic heterocycles. The monoisotopic (exact) mass is 379 g/mol. The van der Waals surface area contributed by atoms with Crippen LogP contribution in [0.2, 0.25) is 0 Å². The van der Waals surface area contributed by atoms with Gasteiger partial charge in [-0.05, 0) is 37.8 Å². The van der Waals surface area contributed by atoms with Crippen LogP contribution in [0, 0.1) is 0 Å². The van der Waals surface area contributed by atoms with Crippen molar-refractivity contribution in [2.75, 3.05) is 0 Å². The van der Waals surface area contributed by atoms with Crippen molar-refractivity contribution in [3.63, 3.8) is 0 Å². The summed E-state index contributed by atoms with van der Waals surface area (Å²) in [5.74, 6) is 0.870. The van der Waals surface area contributed by atoms with Crippen LogP contribution in [0.3, 0.4) is 0 Å². The highest BCUT2D eigenvalue weighted by atomic mass is 16.5. The molecule has 2 aliphatic rings. The summed E-state index contributed by atoms with van der Waals surface area (Å²) in [4.78, 5) is 23.5. The van der Waals surface area contributed by atoms with E-state index >= 15 is 0 Å². The molecule has 0 spiro atoms. The van der Waals surface area contributed by atoms with E-state index in [-0.39, 0.29) is 30.7 Å². The first-order valence-corrected chi connectivity index (χ1v) is 9.61. The molecule has 1 N–H and O–H groups in total. The number of nitrogens with zero attached hydrogens (tertiary/aromatic N) is 3. The molecule has 2 saturated heterocycles. The van der Waals surface area contributed by atoms with E-state index in [4.69, 9.17) is 9.15 Å². The van der Waals surface area contributed by atoms with E-state index in [0.717, 1.165) is 23.7 Å². The Morgan fingerprint density at radius 3 is 2.82 bits per heavy atom. The number of hydrogen-bond acceptors (Lipinski definition) is 6. The van der Waals surface area contributed by atoms with Gasteiger partial charge in [-0.15, -0.1) is 0 Å². The average molecular weight is 379 g/mol. The molecule has 144 valence electrons. The number of fused-ring (bicyclic) bond motifs is 3. The molecule has 2 atom stereocenters. The van der Waals surface area contributed by atoms with Crippen molar-refractivity contribution in [3.8, 4) is 5.75 Å². The third kappa shape index (κ3) is 3.01. The lowest BCUT2D eigenvalue weighted by atomic mass is 9.99. The van der Waals surface area contributed by atoms with Crippen LogP contribution in [-0.4, -0.2) is 44.1 Å². The molecule has 0 aliphatic carbocycles. The second-order valence-corrected chi connectivity index (χ2v) is 7.47.